The number of para-hydroxylation sites is 1. The average molecular weight is 352 g/mol. The molecule has 24 heavy (non-hydrogen) atoms. The molecule has 128 valence electrons. The number of non-ortho nitro benzene ring substituents is 1. The molecule has 0 aromatic heterocycles. The lowest BCUT2D eigenvalue weighted by Gasteiger charge is -2.17. The number of nitrogens with zero attached hydrogens (tertiary/aromatic N) is 1. The highest BCUT2D eigenvalue weighted by Crippen LogP contribution is 2.16. The second-order valence-corrected chi connectivity index (χ2v) is 6.59. The lowest BCUT2D eigenvalue weighted by atomic mass is 10.3. The van der Waals surface area contributed by atoms with E-state index in [4.69, 9.17) is 4.74 Å². The normalized spacial score (nSPS) is 12.5. The number of benzene rings is 2. The van der Waals surface area contributed by atoms with Crippen molar-refractivity contribution in [2.24, 2.45) is 0 Å². The van der Waals surface area contributed by atoms with E-state index in [0.717, 1.165) is 24.3 Å². The molecular formula is C15H16N2O6S. The van der Waals surface area contributed by atoms with E-state index < -0.39 is 27.6 Å². The molecule has 0 aliphatic carbocycles. The second kappa shape index (κ2) is 7.86. The van der Waals surface area contributed by atoms with Crippen molar-refractivity contribution in [3.63, 3.8) is 0 Å². The molecule has 0 amide bonds. The van der Waals surface area contributed by atoms with Gasteiger partial charge in [0.15, 0.2) is 0 Å². The number of nitrogens with one attached hydrogen (secondary N) is 1. The van der Waals surface area contributed by atoms with Crippen LogP contribution < -0.4 is 9.46 Å². The Morgan fingerprint density at radius 3 is 2.29 bits per heavy atom. The quantitative estimate of drug-likeness (QED) is 0.546. The summed E-state index contributed by atoms with van der Waals surface area (Å²) in [6, 6.07) is 12.4. The van der Waals surface area contributed by atoms with Gasteiger partial charge in [-0.05, 0) is 24.3 Å². The Kier molecular flexibility index (Phi) is 5.85. The zero-order valence-corrected chi connectivity index (χ0v) is 13.3. The van der Waals surface area contributed by atoms with Crippen LogP contribution >= 0.6 is 0 Å². The molecule has 0 spiro atoms. The maximum Gasteiger partial charge on any atom is 0.269 e. The molecule has 0 bridgehead atoms. The first-order chi connectivity index (χ1) is 11.4. The van der Waals surface area contributed by atoms with Gasteiger partial charge in [-0.2, -0.15) is 0 Å². The smallest absolute Gasteiger partial charge is 0.269 e. The molecule has 8 nitrogen and oxygen atoms in total. The van der Waals surface area contributed by atoms with Gasteiger partial charge in [-0.3, -0.25) is 10.1 Å². The van der Waals surface area contributed by atoms with Crippen LogP contribution in [0.5, 0.6) is 5.75 Å². The monoisotopic (exact) mass is 352 g/mol. The number of rotatable bonds is 8. The number of sulfonamides is 1. The lowest BCUT2D eigenvalue weighted by molar-refractivity contribution is -0.384. The molecule has 2 aromatic rings. The van der Waals surface area contributed by atoms with E-state index in [2.05, 4.69) is 4.72 Å². The molecule has 0 aliphatic heterocycles. The Balaban J connectivity index is 2.03. The molecular weight excluding hydrogens is 336 g/mol. The van der Waals surface area contributed by atoms with Crippen LogP contribution in [0, 0.1) is 10.1 Å². The van der Waals surface area contributed by atoms with Crippen LogP contribution in [0.25, 0.3) is 0 Å². The topological polar surface area (TPSA) is 119 Å². The van der Waals surface area contributed by atoms with E-state index >= 15 is 0 Å². The maximum atomic E-state index is 12.2. The summed E-state index contributed by atoms with van der Waals surface area (Å²) in [5, 5.41) is 19.9. The fraction of sp³-hybridized carbons (Fsp3) is 0.200. The molecule has 0 aliphatic rings. The minimum Gasteiger partial charge on any atom is -0.492 e. The zero-order chi connectivity index (χ0) is 17.6. The van der Waals surface area contributed by atoms with Gasteiger partial charge >= 0.3 is 0 Å². The lowest BCUT2D eigenvalue weighted by Crippen LogP contribution is -2.41. The van der Waals surface area contributed by atoms with Crippen molar-refractivity contribution in [3.8, 4) is 5.75 Å². The Labute approximate surface area is 138 Å². The van der Waals surface area contributed by atoms with Crippen LogP contribution in [-0.4, -0.2) is 37.7 Å². The van der Waals surface area contributed by atoms with Gasteiger partial charge in [-0.15, -0.1) is 0 Å². The number of aliphatic hydroxyl groups is 1. The molecule has 2 N–H and O–H groups in total. The number of ether oxygens (including phenoxy) is 1. The van der Waals surface area contributed by atoms with Crippen LogP contribution in [0.3, 0.4) is 0 Å². The first kappa shape index (κ1) is 17.9. The molecule has 2 aromatic carbocycles. The predicted octanol–water partition coefficient (Wildman–Crippen LogP) is 1.31. The number of nitro benzene ring substituents is 1. The van der Waals surface area contributed by atoms with Crippen molar-refractivity contribution < 1.29 is 23.2 Å². The second-order valence-electron chi connectivity index (χ2n) is 4.88. The summed E-state index contributed by atoms with van der Waals surface area (Å²) in [6.45, 7) is -0.522. The fourth-order valence-electron chi connectivity index (χ4n) is 1.87. The van der Waals surface area contributed by atoms with E-state index in [1.807, 2.05) is 6.07 Å². The molecule has 0 heterocycles. The molecule has 0 saturated carbocycles. The van der Waals surface area contributed by atoms with Gasteiger partial charge in [0.05, 0.1) is 22.5 Å². The highest BCUT2D eigenvalue weighted by molar-refractivity contribution is 7.89. The summed E-state index contributed by atoms with van der Waals surface area (Å²) in [5.41, 5.74) is -0.208. The third-order valence-corrected chi connectivity index (χ3v) is 4.63. The Morgan fingerprint density at radius 2 is 1.75 bits per heavy atom. The number of hydrogen-bond acceptors (Lipinski definition) is 6. The largest absolute Gasteiger partial charge is 0.492 e. The Bertz CT molecular complexity index is 777. The summed E-state index contributed by atoms with van der Waals surface area (Å²) in [4.78, 5) is 9.85. The number of aliphatic hydroxyl groups excluding tert-OH is 1. The van der Waals surface area contributed by atoms with Crippen LogP contribution in [0.4, 0.5) is 5.69 Å². The standard InChI is InChI=1S/C15H16N2O6S/c18-10-12(11-23-14-4-2-1-3-5-14)16-24(21,22)15-8-6-13(7-9-15)17(19)20/h1-9,12,16,18H,10-11H2/t12-/m1/s1. The van der Waals surface area contributed by atoms with E-state index in [0.29, 0.717) is 5.75 Å². The average Bonchev–Trinajstić information content (AvgIpc) is 2.59. The minimum atomic E-state index is -3.93. The van der Waals surface area contributed by atoms with Gasteiger partial charge in [-0.25, -0.2) is 13.1 Å². The molecule has 9 heteroatoms. The van der Waals surface area contributed by atoms with Gasteiger partial charge in [0, 0.05) is 12.1 Å². The molecule has 1 atom stereocenters. The van der Waals surface area contributed by atoms with Crippen molar-refractivity contribution in [2.75, 3.05) is 13.2 Å². The summed E-state index contributed by atoms with van der Waals surface area (Å²) in [7, 11) is -3.93. The number of hydrogen-bond donors (Lipinski definition) is 2. The van der Waals surface area contributed by atoms with Crippen molar-refractivity contribution in [1.82, 2.24) is 4.72 Å². The van der Waals surface area contributed by atoms with Crippen molar-refractivity contribution in [2.45, 2.75) is 10.9 Å². The number of nitro groups is 1. The van der Waals surface area contributed by atoms with E-state index in [-0.39, 0.29) is 17.2 Å². The summed E-state index contributed by atoms with van der Waals surface area (Å²) in [5.74, 6) is 0.547. The van der Waals surface area contributed by atoms with Gasteiger partial charge < -0.3 is 9.84 Å². The van der Waals surface area contributed by atoms with Crippen LogP contribution in [-0.2, 0) is 10.0 Å². The van der Waals surface area contributed by atoms with Crippen molar-refractivity contribution in [1.29, 1.82) is 0 Å². The van der Waals surface area contributed by atoms with E-state index in [1.165, 1.54) is 0 Å². The van der Waals surface area contributed by atoms with E-state index in [9.17, 15) is 23.6 Å². The van der Waals surface area contributed by atoms with E-state index in [1.54, 1.807) is 24.3 Å². The van der Waals surface area contributed by atoms with Crippen LogP contribution in [0.2, 0.25) is 0 Å². The predicted molar refractivity (Wildman–Crippen MR) is 86.2 cm³/mol. The Morgan fingerprint density at radius 1 is 1.12 bits per heavy atom. The van der Waals surface area contributed by atoms with Gasteiger partial charge in [0.25, 0.3) is 5.69 Å². The molecule has 0 saturated heterocycles. The summed E-state index contributed by atoms with van der Waals surface area (Å²) >= 11 is 0. The van der Waals surface area contributed by atoms with Crippen LogP contribution in [0.15, 0.2) is 59.5 Å². The van der Waals surface area contributed by atoms with Crippen molar-refractivity contribution in [3.05, 3.63) is 64.7 Å². The molecule has 2 rings (SSSR count). The Hall–Kier alpha value is -2.49. The van der Waals surface area contributed by atoms with Gasteiger partial charge in [-0.1, -0.05) is 18.2 Å². The zero-order valence-electron chi connectivity index (χ0n) is 12.5. The van der Waals surface area contributed by atoms with Crippen molar-refractivity contribution >= 4 is 15.7 Å². The highest BCUT2D eigenvalue weighted by atomic mass is 32.2. The SMILES string of the molecule is O=[N+]([O-])c1ccc(S(=O)(=O)N[C@H](CO)COc2ccccc2)cc1. The first-order valence-electron chi connectivity index (χ1n) is 6.98. The van der Waals surface area contributed by atoms with Gasteiger partial charge in [0.1, 0.15) is 12.4 Å². The highest BCUT2D eigenvalue weighted by Gasteiger charge is 2.21. The maximum absolute atomic E-state index is 12.2. The third kappa shape index (κ3) is 4.75. The fourth-order valence-corrected chi connectivity index (χ4v) is 3.08. The summed E-state index contributed by atoms with van der Waals surface area (Å²) in [6.07, 6.45) is 0. The first-order valence-corrected chi connectivity index (χ1v) is 8.46. The molecule has 0 fully saturated rings. The minimum absolute atomic E-state index is 0.0628. The third-order valence-electron chi connectivity index (χ3n) is 3.09. The summed E-state index contributed by atoms with van der Waals surface area (Å²) < 4.78 is 32.2. The molecule has 0 radical (unpaired) electrons. The van der Waals surface area contributed by atoms with Gasteiger partial charge in [0.2, 0.25) is 10.0 Å². The molecule has 0 unspecified atom stereocenters. The van der Waals surface area contributed by atoms with Crippen LogP contribution in [0.1, 0.15) is 0 Å².